The minimum absolute atomic E-state index is 0.126. The van der Waals surface area contributed by atoms with Gasteiger partial charge in [0, 0.05) is 11.3 Å². The SMILES string of the molecule is CNC1NC(c2cc(F)c(OC)c(C(F)(F)F)c2)=CS1. The molecule has 110 valence electrons. The fraction of sp³-hybridized carbons (Fsp3) is 0.333. The maximum Gasteiger partial charge on any atom is 0.420 e. The Morgan fingerprint density at radius 3 is 2.55 bits per heavy atom. The Morgan fingerprint density at radius 1 is 1.35 bits per heavy atom. The van der Waals surface area contributed by atoms with Crippen molar-refractivity contribution in [3.05, 3.63) is 34.5 Å². The van der Waals surface area contributed by atoms with Crippen LogP contribution in [0.15, 0.2) is 17.5 Å². The number of thioether (sulfide) groups is 1. The first kappa shape index (κ1) is 15.0. The van der Waals surface area contributed by atoms with Gasteiger partial charge in [-0.05, 0) is 24.6 Å². The number of rotatable bonds is 3. The molecule has 1 aromatic rings. The zero-order chi connectivity index (χ0) is 14.9. The molecule has 20 heavy (non-hydrogen) atoms. The van der Waals surface area contributed by atoms with Gasteiger partial charge in [0.15, 0.2) is 11.6 Å². The quantitative estimate of drug-likeness (QED) is 0.841. The van der Waals surface area contributed by atoms with Crippen molar-refractivity contribution in [1.82, 2.24) is 10.6 Å². The van der Waals surface area contributed by atoms with Gasteiger partial charge in [-0.1, -0.05) is 11.8 Å². The molecular formula is C12H12F4N2OS. The van der Waals surface area contributed by atoms with E-state index < -0.39 is 23.3 Å². The summed E-state index contributed by atoms with van der Waals surface area (Å²) in [6.45, 7) is 0. The number of hydrogen-bond donors (Lipinski definition) is 2. The fourth-order valence-corrected chi connectivity index (χ4v) is 2.61. The van der Waals surface area contributed by atoms with Crippen molar-refractivity contribution in [2.75, 3.05) is 14.2 Å². The number of hydrogen-bond acceptors (Lipinski definition) is 4. The topological polar surface area (TPSA) is 33.3 Å². The third-order valence-electron chi connectivity index (χ3n) is 2.73. The molecule has 0 saturated carbocycles. The van der Waals surface area contributed by atoms with Crippen LogP contribution >= 0.6 is 11.8 Å². The van der Waals surface area contributed by atoms with E-state index in [1.54, 1.807) is 12.5 Å². The number of ether oxygens (including phenoxy) is 1. The zero-order valence-corrected chi connectivity index (χ0v) is 11.5. The van der Waals surface area contributed by atoms with Crippen molar-refractivity contribution in [3.8, 4) is 5.75 Å². The van der Waals surface area contributed by atoms with E-state index >= 15 is 0 Å². The van der Waals surface area contributed by atoms with Crippen molar-refractivity contribution in [2.24, 2.45) is 0 Å². The lowest BCUT2D eigenvalue weighted by Gasteiger charge is -2.16. The molecule has 3 nitrogen and oxygen atoms in total. The lowest BCUT2D eigenvalue weighted by Crippen LogP contribution is -2.32. The molecule has 0 radical (unpaired) electrons. The van der Waals surface area contributed by atoms with Gasteiger partial charge in [0.2, 0.25) is 0 Å². The fourth-order valence-electron chi connectivity index (χ4n) is 1.80. The van der Waals surface area contributed by atoms with Crippen molar-refractivity contribution >= 4 is 17.5 Å². The highest BCUT2D eigenvalue weighted by atomic mass is 32.2. The summed E-state index contributed by atoms with van der Waals surface area (Å²) in [5, 5.41) is 7.48. The first-order valence-corrected chi connectivity index (χ1v) is 6.55. The predicted octanol–water partition coefficient (Wildman–Crippen LogP) is 2.99. The van der Waals surface area contributed by atoms with Crippen molar-refractivity contribution in [3.63, 3.8) is 0 Å². The number of halogens is 4. The minimum Gasteiger partial charge on any atom is -0.493 e. The van der Waals surface area contributed by atoms with Gasteiger partial charge in [-0.15, -0.1) is 0 Å². The highest BCUT2D eigenvalue weighted by molar-refractivity contribution is 8.03. The van der Waals surface area contributed by atoms with Crippen LogP contribution < -0.4 is 15.4 Å². The highest BCUT2D eigenvalue weighted by Crippen LogP contribution is 2.40. The molecular weight excluding hydrogens is 296 g/mol. The van der Waals surface area contributed by atoms with E-state index in [-0.39, 0.29) is 11.1 Å². The van der Waals surface area contributed by atoms with Gasteiger partial charge >= 0.3 is 6.18 Å². The van der Waals surface area contributed by atoms with Crippen molar-refractivity contribution in [2.45, 2.75) is 11.7 Å². The number of alkyl halides is 3. The number of nitrogens with one attached hydrogen (secondary N) is 2. The number of methoxy groups -OCH3 is 1. The standard InChI is InChI=1S/C12H12F4N2OS/c1-17-11-18-9(5-20-11)6-3-7(12(14,15)16)10(19-2)8(13)4-6/h3-5,11,17-18H,1-2H3. The molecule has 2 rings (SSSR count). The summed E-state index contributed by atoms with van der Waals surface area (Å²) in [5.74, 6) is -1.84. The lowest BCUT2D eigenvalue weighted by atomic mass is 10.1. The average Bonchev–Trinajstić information content (AvgIpc) is 2.85. The molecule has 0 aliphatic carbocycles. The second-order valence-electron chi connectivity index (χ2n) is 4.02. The Kier molecular flexibility index (Phi) is 4.14. The maximum absolute atomic E-state index is 13.8. The van der Waals surface area contributed by atoms with E-state index in [4.69, 9.17) is 0 Å². The van der Waals surface area contributed by atoms with E-state index in [9.17, 15) is 17.6 Å². The summed E-state index contributed by atoms with van der Waals surface area (Å²) < 4.78 is 57.0. The van der Waals surface area contributed by atoms with Crippen molar-refractivity contribution in [1.29, 1.82) is 0 Å². The second kappa shape index (κ2) is 5.53. The largest absolute Gasteiger partial charge is 0.493 e. The molecule has 1 atom stereocenters. The van der Waals surface area contributed by atoms with Crippen LogP contribution in [0.2, 0.25) is 0 Å². The summed E-state index contributed by atoms with van der Waals surface area (Å²) in [5.41, 5.74) is -0.720. The molecule has 0 bridgehead atoms. The lowest BCUT2D eigenvalue weighted by molar-refractivity contribution is -0.139. The Labute approximate surface area is 117 Å². The molecule has 0 spiro atoms. The number of benzene rings is 1. The van der Waals surface area contributed by atoms with Crippen molar-refractivity contribution < 1.29 is 22.3 Å². The summed E-state index contributed by atoms with van der Waals surface area (Å²) in [4.78, 5) is 0. The van der Waals surface area contributed by atoms with Crippen LogP contribution in [0.4, 0.5) is 17.6 Å². The van der Waals surface area contributed by atoms with E-state index in [2.05, 4.69) is 15.4 Å². The van der Waals surface area contributed by atoms with Crippen LogP contribution in [-0.4, -0.2) is 19.7 Å². The van der Waals surface area contributed by atoms with Gasteiger partial charge in [0.05, 0.1) is 7.11 Å². The van der Waals surface area contributed by atoms with Gasteiger partial charge in [-0.25, -0.2) is 4.39 Å². The van der Waals surface area contributed by atoms with E-state index in [1.807, 2.05) is 0 Å². The Hall–Kier alpha value is -1.41. The van der Waals surface area contributed by atoms with Crippen LogP contribution in [0, 0.1) is 5.82 Å². The Bertz CT molecular complexity index is 545. The van der Waals surface area contributed by atoms with E-state index in [1.165, 1.54) is 11.8 Å². The van der Waals surface area contributed by atoms with E-state index in [0.29, 0.717) is 5.70 Å². The molecule has 0 amide bonds. The first-order valence-electron chi connectivity index (χ1n) is 5.61. The summed E-state index contributed by atoms with van der Waals surface area (Å²) in [7, 11) is 2.71. The third-order valence-corrected chi connectivity index (χ3v) is 3.73. The highest BCUT2D eigenvalue weighted by Gasteiger charge is 2.36. The molecule has 1 heterocycles. The first-order chi connectivity index (χ1) is 9.36. The predicted molar refractivity (Wildman–Crippen MR) is 69.5 cm³/mol. The summed E-state index contributed by atoms with van der Waals surface area (Å²) >= 11 is 1.36. The smallest absolute Gasteiger partial charge is 0.420 e. The van der Waals surface area contributed by atoms with Crippen LogP contribution in [0.25, 0.3) is 5.70 Å². The Morgan fingerprint density at radius 2 is 2.05 bits per heavy atom. The average molecular weight is 308 g/mol. The Balaban J connectivity index is 2.45. The molecule has 1 unspecified atom stereocenters. The minimum atomic E-state index is -4.68. The molecule has 1 aliphatic heterocycles. The molecule has 0 saturated heterocycles. The van der Waals surface area contributed by atoms with E-state index in [0.717, 1.165) is 19.2 Å². The van der Waals surface area contributed by atoms with Gasteiger partial charge in [-0.3, -0.25) is 5.32 Å². The zero-order valence-electron chi connectivity index (χ0n) is 10.6. The third kappa shape index (κ3) is 2.85. The molecule has 0 fully saturated rings. The van der Waals surface area contributed by atoms with Crippen LogP contribution in [0.5, 0.6) is 5.75 Å². The molecule has 1 aromatic carbocycles. The van der Waals surface area contributed by atoms with Gasteiger partial charge < -0.3 is 10.1 Å². The second-order valence-corrected chi connectivity index (χ2v) is 5.00. The molecule has 2 N–H and O–H groups in total. The normalized spacial score (nSPS) is 18.7. The maximum atomic E-state index is 13.8. The van der Waals surface area contributed by atoms with Gasteiger partial charge in [0.1, 0.15) is 11.1 Å². The molecule has 0 aromatic heterocycles. The van der Waals surface area contributed by atoms with Crippen LogP contribution in [0.3, 0.4) is 0 Å². The monoisotopic (exact) mass is 308 g/mol. The van der Waals surface area contributed by atoms with Gasteiger partial charge in [-0.2, -0.15) is 13.2 Å². The summed E-state index contributed by atoms with van der Waals surface area (Å²) in [6, 6.07) is 1.89. The van der Waals surface area contributed by atoms with Gasteiger partial charge in [0.25, 0.3) is 0 Å². The molecule has 8 heteroatoms. The summed E-state index contributed by atoms with van der Waals surface area (Å²) in [6.07, 6.45) is -4.68. The van der Waals surface area contributed by atoms with Crippen LogP contribution in [-0.2, 0) is 6.18 Å². The van der Waals surface area contributed by atoms with Crippen LogP contribution in [0.1, 0.15) is 11.1 Å². The molecule has 1 aliphatic rings.